The first-order valence-corrected chi connectivity index (χ1v) is 9.40. The second kappa shape index (κ2) is 7.25. The third-order valence-electron chi connectivity index (χ3n) is 4.03. The molecule has 1 saturated heterocycles. The second-order valence-electron chi connectivity index (χ2n) is 5.62. The molecule has 25 heavy (non-hydrogen) atoms. The number of rotatable bonds is 5. The fourth-order valence-corrected chi connectivity index (χ4v) is 3.66. The van der Waals surface area contributed by atoms with Crippen molar-refractivity contribution in [2.45, 2.75) is 17.9 Å². The average Bonchev–Trinajstić information content (AvgIpc) is 2.63. The Morgan fingerprint density at radius 3 is 2.52 bits per heavy atom. The van der Waals surface area contributed by atoms with Gasteiger partial charge in [0.25, 0.3) is 0 Å². The van der Waals surface area contributed by atoms with Crippen LogP contribution in [0.3, 0.4) is 0 Å². The van der Waals surface area contributed by atoms with Gasteiger partial charge in [0.05, 0.1) is 6.54 Å². The standard InChI is InChI=1S/C18H19NO5S/c1-2-19-12-17(23-13-18(19)20)15-10-6-7-11-16(15)24-25(21,22)14-8-4-3-5-9-14/h3-11,17H,2,12-13H2,1H3/t17-/m0/s1. The van der Waals surface area contributed by atoms with Crippen molar-refractivity contribution in [2.75, 3.05) is 19.7 Å². The van der Waals surface area contributed by atoms with Crippen LogP contribution in [-0.4, -0.2) is 38.9 Å². The van der Waals surface area contributed by atoms with Crippen molar-refractivity contribution in [1.29, 1.82) is 0 Å². The summed E-state index contributed by atoms with van der Waals surface area (Å²) in [5, 5.41) is 0. The van der Waals surface area contributed by atoms with Crippen LogP contribution < -0.4 is 4.18 Å². The summed E-state index contributed by atoms with van der Waals surface area (Å²) < 4.78 is 35.9. The van der Waals surface area contributed by atoms with Crippen molar-refractivity contribution in [3.8, 4) is 5.75 Å². The van der Waals surface area contributed by atoms with Crippen LogP contribution in [0.4, 0.5) is 0 Å². The van der Waals surface area contributed by atoms with Gasteiger partial charge in [0.1, 0.15) is 23.4 Å². The molecule has 1 fully saturated rings. The van der Waals surface area contributed by atoms with Crippen molar-refractivity contribution < 1.29 is 22.1 Å². The largest absolute Gasteiger partial charge is 0.379 e. The molecular formula is C18H19NO5S. The molecule has 3 rings (SSSR count). The monoisotopic (exact) mass is 361 g/mol. The predicted molar refractivity (Wildman–Crippen MR) is 91.6 cm³/mol. The highest BCUT2D eigenvalue weighted by Gasteiger charge is 2.29. The van der Waals surface area contributed by atoms with E-state index in [-0.39, 0.29) is 23.2 Å². The molecule has 0 aliphatic carbocycles. The number of nitrogens with zero attached hydrogens (tertiary/aromatic N) is 1. The summed E-state index contributed by atoms with van der Waals surface area (Å²) in [5.74, 6) is 0.135. The van der Waals surface area contributed by atoms with E-state index < -0.39 is 16.2 Å². The van der Waals surface area contributed by atoms with Crippen molar-refractivity contribution in [3.05, 3.63) is 60.2 Å². The number of amides is 1. The molecule has 1 heterocycles. The van der Waals surface area contributed by atoms with Crippen molar-refractivity contribution in [1.82, 2.24) is 4.90 Å². The highest BCUT2D eigenvalue weighted by Crippen LogP contribution is 2.32. The minimum absolute atomic E-state index is 0.0295. The van der Waals surface area contributed by atoms with Crippen LogP contribution in [-0.2, 0) is 19.6 Å². The maximum absolute atomic E-state index is 12.5. The minimum atomic E-state index is -3.94. The van der Waals surface area contributed by atoms with E-state index in [0.29, 0.717) is 18.7 Å². The lowest BCUT2D eigenvalue weighted by Crippen LogP contribution is -2.42. The van der Waals surface area contributed by atoms with Crippen LogP contribution in [0.25, 0.3) is 0 Å². The molecule has 0 spiro atoms. The first-order valence-electron chi connectivity index (χ1n) is 7.99. The molecule has 1 atom stereocenters. The van der Waals surface area contributed by atoms with E-state index in [0.717, 1.165) is 0 Å². The van der Waals surface area contributed by atoms with Crippen LogP contribution in [0.15, 0.2) is 59.5 Å². The lowest BCUT2D eigenvalue weighted by Gasteiger charge is -2.32. The molecular weight excluding hydrogens is 342 g/mol. The van der Waals surface area contributed by atoms with Crippen molar-refractivity contribution in [3.63, 3.8) is 0 Å². The molecule has 1 aliphatic heterocycles. The SMILES string of the molecule is CCN1C[C@@H](c2ccccc2OS(=O)(=O)c2ccccc2)OCC1=O. The summed E-state index contributed by atoms with van der Waals surface area (Å²) in [6, 6.07) is 14.8. The van der Waals surface area contributed by atoms with Gasteiger partial charge >= 0.3 is 10.1 Å². The van der Waals surface area contributed by atoms with E-state index in [4.69, 9.17) is 8.92 Å². The summed E-state index contributed by atoms with van der Waals surface area (Å²) in [5.41, 5.74) is 0.605. The summed E-state index contributed by atoms with van der Waals surface area (Å²) in [6.07, 6.45) is -0.431. The topological polar surface area (TPSA) is 72.9 Å². The van der Waals surface area contributed by atoms with Crippen LogP contribution in [0.1, 0.15) is 18.6 Å². The number of likely N-dealkylation sites (N-methyl/N-ethyl adjacent to an activating group) is 1. The Balaban J connectivity index is 1.88. The minimum Gasteiger partial charge on any atom is -0.379 e. The average molecular weight is 361 g/mol. The Hall–Kier alpha value is -2.38. The predicted octanol–water partition coefficient (Wildman–Crippen LogP) is 2.37. The highest BCUT2D eigenvalue weighted by molar-refractivity contribution is 7.87. The van der Waals surface area contributed by atoms with E-state index in [1.165, 1.54) is 12.1 Å². The molecule has 0 N–H and O–H groups in total. The number of morpholine rings is 1. The Bertz CT molecular complexity index is 851. The van der Waals surface area contributed by atoms with Gasteiger partial charge < -0.3 is 13.8 Å². The quantitative estimate of drug-likeness (QED) is 0.765. The Labute approximate surface area is 147 Å². The maximum Gasteiger partial charge on any atom is 0.339 e. The normalized spacial score (nSPS) is 18.2. The summed E-state index contributed by atoms with van der Waals surface area (Å²) in [4.78, 5) is 13.5. The number of para-hydroxylation sites is 1. The molecule has 0 saturated carbocycles. The van der Waals surface area contributed by atoms with Gasteiger partial charge in [-0.25, -0.2) is 0 Å². The van der Waals surface area contributed by atoms with E-state index >= 15 is 0 Å². The zero-order chi connectivity index (χ0) is 17.9. The molecule has 1 aliphatic rings. The van der Waals surface area contributed by atoms with E-state index in [9.17, 15) is 13.2 Å². The molecule has 132 valence electrons. The van der Waals surface area contributed by atoms with Gasteiger partial charge in [0, 0.05) is 12.1 Å². The fraction of sp³-hybridized carbons (Fsp3) is 0.278. The van der Waals surface area contributed by atoms with E-state index in [1.807, 2.05) is 6.92 Å². The molecule has 6 nitrogen and oxygen atoms in total. The smallest absolute Gasteiger partial charge is 0.339 e. The van der Waals surface area contributed by atoms with Crippen molar-refractivity contribution in [2.24, 2.45) is 0 Å². The lowest BCUT2D eigenvalue weighted by molar-refractivity contribution is -0.148. The summed E-state index contributed by atoms with van der Waals surface area (Å²) in [6.45, 7) is 2.80. The van der Waals surface area contributed by atoms with Gasteiger partial charge in [0.2, 0.25) is 5.91 Å². The van der Waals surface area contributed by atoms with Gasteiger partial charge in [-0.05, 0) is 25.1 Å². The van der Waals surface area contributed by atoms with Crippen LogP contribution in [0, 0.1) is 0 Å². The number of hydrogen-bond donors (Lipinski definition) is 0. The Morgan fingerprint density at radius 1 is 1.12 bits per heavy atom. The van der Waals surface area contributed by atoms with Gasteiger partial charge in [-0.1, -0.05) is 36.4 Å². The third-order valence-corrected chi connectivity index (χ3v) is 5.27. The third kappa shape index (κ3) is 3.83. The van der Waals surface area contributed by atoms with Gasteiger partial charge in [-0.15, -0.1) is 0 Å². The molecule has 2 aromatic rings. The molecule has 0 aromatic heterocycles. The summed E-state index contributed by atoms with van der Waals surface area (Å²) >= 11 is 0. The number of hydrogen-bond acceptors (Lipinski definition) is 5. The molecule has 0 bridgehead atoms. The number of ether oxygens (including phenoxy) is 1. The molecule has 0 radical (unpaired) electrons. The summed E-state index contributed by atoms with van der Waals surface area (Å²) in [7, 11) is -3.94. The zero-order valence-electron chi connectivity index (χ0n) is 13.8. The highest BCUT2D eigenvalue weighted by atomic mass is 32.2. The Kier molecular flexibility index (Phi) is 5.06. The van der Waals surface area contributed by atoms with Gasteiger partial charge in [-0.2, -0.15) is 8.42 Å². The first kappa shape index (κ1) is 17.4. The van der Waals surface area contributed by atoms with Crippen LogP contribution in [0.5, 0.6) is 5.75 Å². The van der Waals surface area contributed by atoms with Gasteiger partial charge in [-0.3, -0.25) is 4.79 Å². The van der Waals surface area contributed by atoms with Crippen LogP contribution in [0.2, 0.25) is 0 Å². The molecule has 0 unspecified atom stereocenters. The van der Waals surface area contributed by atoms with Gasteiger partial charge in [0.15, 0.2) is 0 Å². The van der Waals surface area contributed by atoms with Crippen LogP contribution >= 0.6 is 0 Å². The molecule has 7 heteroatoms. The number of carbonyl (C=O) groups is 1. The van der Waals surface area contributed by atoms with Crippen molar-refractivity contribution >= 4 is 16.0 Å². The lowest BCUT2D eigenvalue weighted by atomic mass is 10.1. The maximum atomic E-state index is 12.5. The molecule has 1 amide bonds. The van der Waals surface area contributed by atoms with E-state index in [1.54, 1.807) is 47.4 Å². The number of carbonyl (C=O) groups excluding carboxylic acids is 1. The molecule has 2 aromatic carbocycles. The Morgan fingerprint density at radius 2 is 1.80 bits per heavy atom. The second-order valence-corrected chi connectivity index (χ2v) is 7.17. The first-order chi connectivity index (χ1) is 12.0. The van der Waals surface area contributed by atoms with E-state index in [2.05, 4.69) is 0 Å². The zero-order valence-corrected chi connectivity index (χ0v) is 14.6. The number of benzene rings is 2. The fourth-order valence-electron chi connectivity index (χ4n) is 2.69.